The molecule has 0 unspecified atom stereocenters. The van der Waals surface area contributed by atoms with Crippen molar-refractivity contribution in [2.45, 2.75) is 33.1 Å². The van der Waals surface area contributed by atoms with Crippen LogP contribution in [0.15, 0.2) is 54.6 Å². The van der Waals surface area contributed by atoms with Gasteiger partial charge in [0, 0.05) is 14.8 Å². The minimum absolute atomic E-state index is 0.192. The zero-order chi connectivity index (χ0) is 16.6. The zero-order valence-electron chi connectivity index (χ0n) is 14.0. The average molecular weight is 341 g/mol. The van der Waals surface area contributed by atoms with Crippen LogP contribution in [0, 0.1) is 6.92 Å². The van der Waals surface area contributed by atoms with Crippen molar-refractivity contribution >= 4 is 22.9 Å². The Morgan fingerprint density at radius 1 is 0.826 bits per heavy atom. The lowest BCUT2D eigenvalue weighted by Crippen LogP contribution is -2.10. The lowest BCUT2D eigenvalue weighted by molar-refractivity contribution is 0.590. The molecule has 1 aromatic heterocycles. The maximum Gasteiger partial charge on any atom is 0.0406 e. The van der Waals surface area contributed by atoms with Gasteiger partial charge in [-0.25, -0.2) is 0 Å². The van der Waals surface area contributed by atoms with Gasteiger partial charge in [-0.15, -0.1) is 11.3 Å². The van der Waals surface area contributed by atoms with Gasteiger partial charge >= 0.3 is 0 Å². The second kappa shape index (κ2) is 6.14. The third-order valence-electron chi connectivity index (χ3n) is 4.06. The number of aryl methyl sites for hydroxylation is 1. The molecule has 0 saturated heterocycles. The molecule has 23 heavy (non-hydrogen) atoms. The fraction of sp³-hybridized carbons (Fsp3) is 0.238. The van der Waals surface area contributed by atoms with Crippen LogP contribution in [0.25, 0.3) is 20.9 Å². The third-order valence-corrected chi connectivity index (χ3v) is 5.65. The van der Waals surface area contributed by atoms with E-state index in [1.165, 1.54) is 32.0 Å². The second-order valence-corrected chi connectivity index (χ2v) is 8.45. The average Bonchev–Trinajstić information content (AvgIpc) is 2.89. The highest BCUT2D eigenvalue weighted by molar-refractivity contribution is 7.19. The molecule has 0 amide bonds. The van der Waals surface area contributed by atoms with E-state index in [1.54, 1.807) is 0 Å². The smallest absolute Gasteiger partial charge is 0.0406 e. The molecule has 0 bridgehead atoms. The van der Waals surface area contributed by atoms with Crippen molar-refractivity contribution in [1.29, 1.82) is 0 Å². The summed E-state index contributed by atoms with van der Waals surface area (Å²) in [6.45, 7) is 8.92. The molecule has 0 aliphatic heterocycles. The summed E-state index contributed by atoms with van der Waals surface area (Å²) in [5, 5.41) is 0.778. The number of hydrogen-bond donors (Lipinski definition) is 0. The molecule has 0 aliphatic carbocycles. The first-order chi connectivity index (χ1) is 10.8. The van der Waals surface area contributed by atoms with E-state index >= 15 is 0 Å². The first-order valence-corrected chi connectivity index (χ1v) is 9.01. The monoisotopic (exact) mass is 340 g/mol. The Balaban J connectivity index is 1.96. The molecule has 0 radical (unpaired) electrons. The van der Waals surface area contributed by atoms with E-state index < -0.39 is 0 Å². The van der Waals surface area contributed by atoms with Crippen LogP contribution in [0.2, 0.25) is 5.02 Å². The molecule has 2 aromatic carbocycles. The topological polar surface area (TPSA) is 0 Å². The Morgan fingerprint density at radius 3 is 1.96 bits per heavy atom. The Kier molecular flexibility index (Phi) is 4.35. The molecule has 0 fully saturated rings. The molecule has 3 rings (SSSR count). The van der Waals surface area contributed by atoms with Crippen molar-refractivity contribution in [1.82, 2.24) is 0 Å². The summed E-state index contributed by atoms with van der Waals surface area (Å²) in [5.41, 5.74) is 5.40. The lowest BCUT2D eigenvalue weighted by atomic mass is 9.86. The first-order valence-electron chi connectivity index (χ1n) is 7.82. The van der Waals surface area contributed by atoms with Gasteiger partial charge in [-0.2, -0.15) is 0 Å². The van der Waals surface area contributed by atoms with Gasteiger partial charge in [-0.05, 0) is 52.8 Å². The lowest BCUT2D eigenvalue weighted by Gasteiger charge is -2.19. The Labute approximate surface area is 147 Å². The van der Waals surface area contributed by atoms with Crippen molar-refractivity contribution in [3.63, 3.8) is 0 Å². The van der Waals surface area contributed by atoms with E-state index in [1.807, 2.05) is 23.5 Å². The van der Waals surface area contributed by atoms with Crippen LogP contribution in [0.4, 0.5) is 0 Å². The second-order valence-electron chi connectivity index (χ2n) is 6.96. The molecule has 2 heteroatoms. The van der Waals surface area contributed by atoms with Crippen molar-refractivity contribution in [2.75, 3.05) is 0 Å². The number of benzene rings is 2. The van der Waals surface area contributed by atoms with Crippen LogP contribution in [0.5, 0.6) is 0 Å². The molecule has 1 heterocycles. The normalized spacial score (nSPS) is 11.7. The van der Waals surface area contributed by atoms with Gasteiger partial charge in [0.1, 0.15) is 0 Å². The largest absolute Gasteiger partial charge is 0.135 e. The van der Waals surface area contributed by atoms with Gasteiger partial charge in [-0.1, -0.05) is 68.8 Å². The summed E-state index contributed by atoms with van der Waals surface area (Å²) in [7, 11) is 0. The van der Waals surface area contributed by atoms with E-state index in [4.69, 9.17) is 11.6 Å². The van der Waals surface area contributed by atoms with Crippen molar-refractivity contribution in [3.8, 4) is 20.9 Å². The van der Waals surface area contributed by atoms with Crippen molar-refractivity contribution in [2.24, 2.45) is 0 Å². The molecule has 118 valence electrons. The standard InChI is InChI=1S/C21H21ClS/c1-14-13-19(15-7-11-18(22)12-8-15)23-20(14)16-5-9-17(10-6-16)21(2,3)4/h5-13H,1-4H3. The summed E-state index contributed by atoms with van der Waals surface area (Å²) >= 11 is 7.83. The molecule has 3 aromatic rings. The SMILES string of the molecule is Cc1cc(-c2ccc(Cl)cc2)sc1-c1ccc(C(C)(C)C)cc1. The molecule has 0 spiro atoms. The third kappa shape index (κ3) is 3.52. The molecule has 0 saturated carbocycles. The molecule has 0 N–H and O–H groups in total. The molecule has 0 atom stereocenters. The van der Waals surface area contributed by atoms with Crippen molar-refractivity contribution in [3.05, 3.63) is 70.7 Å². The predicted molar refractivity (Wildman–Crippen MR) is 104 cm³/mol. The minimum atomic E-state index is 0.192. The Bertz CT molecular complexity index is 803. The number of hydrogen-bond acceptors (Lipinski definition) is 1. The van der Waals surface area contributed by atoms with Gasteiger partial charge in [-0.3, -0.25) is 0 Å². The zero-order valence-corrected chi connectivity index (χ0v) is 15.6. The van der Waals surface area contributed by atoms with E-state index in [-0.39, 0.29) is 5.41 Å². The molecule has 0 nitrogen and oxygen atoms in total. The number of thiophene rings is 1. The van der Waals surface area contributed by atoms with Crippen molar-refractivity contribution < 1.29 is 0 Å². The first kappa shape index (κ1) is 16.3. The summed E-state index contributed by atoms with van der Waals surface area (Å²) < 4.78 is 0. The Hall–Kier alpha value is -1.57. The van der Waals surface area contributed by atoms with Crippen LogP contribution < -0.4 is 0 Å². The number of rotatable bonds is 2. The van der Waals surface area contributed by atoms with Gasteiger partial charge in [0.2, 0.25) is 0 Å². The van der Waals surface area contributed by atoms with Gasteiger partial charge in [0.25, 0.3) is 0 Å². The van der Waals surface area contributed by atoms with Gasteiger partial charge < -0.3 is 0 Å². The predicted octanol–water partition coefficient (Wildman–Crippen LogP) is 7.34. The van der Waals surface area contributed by atoms with Crippen LogP contribution in [-0.2, 0) is 5.41 Å². The molecular weight excluding hydrogens is 320 g/mol. The highest BCUT2D eigenvalue weighted by atomic mass is 35.5. The molecular formula is C21H21ClS. The highest BCUT2D eigenvalue weighted by Crippen LogP contribution is 2.38. The Morgan fingerprint density at radius 2 is 1.39 bits per heavy atom. The summed E-state index contributed by atoms with van der Waals surface area (Å²) in [4.78, 5) is 2.63. The summed E-state index contributed by atoms with van der Waals surface area (Å²) in [6.07, 6.45) is 0. The summed E-state index contributed by atoms with van der Waals surface area (Å²) in [5.74, 6) is 0. The van der Waals surface area contributed by atoms with E-state index in [0.29, 0.717) is 0 Å². The fourth-order valence-corrected chi connectivity index (χ4v) is 3.96. The van der Waals surface area contributed by atoms with Crippen LogP contribution >= 0.6 is 22.9 Å². The van der Waals surface area contributed by atoms with E-state index in [2.05, 4.69) is 70.2 Å². The van der Waals surface area contributed by atoms with E-state index in [0.717, 1.165) is 5.02 Å². The minimum Gasteiger partial charge on any atom is -0.135 e. The fourth-order valence-electron chi connectivity index (χ4n) is 2.65. The van der Waals surface area contributed by atoms with Crippen LogP contribution in [-0.4, -0.2) is 0 Å². The molecule has 0 aliphatic rings. The van der Waals surface area contributed by atoms with E-state index in [9.17, 15) is 0 Å². The van der Waals surface area contributed by atoms with Gasteiger partial charge in [0.15, 0.2) is 0 Å². The maximum absolute atomic E-state index is 5.99. The maximum atomic E-state index is 5.99. The van der Waals surface area contributed by atoms with Gasteiger partial charge in [0.05, 0.1) is 0 Å². The number of halogens is 1. The van der Waals surface area contributed by atoms with Crippen LogP contribution in [0.1, 0.15) is 31.9 Å². The van der Waals surface area contributed by atoms with Crippen LogP contribution in [0.3, 0.4) is 0 Å². The quantitative estimate of drug-likeness (QED) is 0.457. The highest BCUT2D eigenvalue weighted by Gasteiger charge is 2.14. The summed E-state index contributed by atoms with van der Waals surface area (Å²) in [6, 6.07) is 19.3.